The number of hydrogen-bond acceptors (Lipinski definition) is 4. The van der Waals surface area contributed by atoms with Crippen LogP contribution in [-0.2, 0) is 16.1 Å². The Morgan fingerprint density at radius 3 is 2.40 bits per heavy atom. The number of rotatable bonds is 7. The summed E-state index contributed by atoms with van der Waals surface area (Å²) in [5.74, 6) is -0.401. The third-order valence-corrected chi connectivity index (χ3v) is 7.32. The molecule has 1 aromatic carbocycles. The molecule has 1 N–H and O–H groups in total. The van der Waals surface area contributed by atoms with Crippen LogP contribution >= 0.6 is 11.3 Å². The number of esters is 1. The summed E-state index contributed by atoms with van der Waals surface area (Å²) in [6.45, 7) is 6.89. The minimum Gasteiger partial charge on any atom is -0.465 e. The lowest BCUT2D eigenvalue weighted by Gasteiger charge is -2.43. The van der Waals surface area contributed by atoms with Crippen LogP contribution in [0.5, 0.6) is 0 Å². The van der Waals surface area contributed by atoms with Crippen molar-refractivity contribution in [1.29, 1.82) is 0 Å². The van der Waals surface area contributed by atoms with Crippen LogP contribution in [0.25, 0.3) is 0 Å². The Morgan fingerprint density at radius 2 is 1.80 bits per heavy atom. The Morgan fingerprint density at radius 1 is 1.13 bits per heavy atom. The standard InChI is InChI=1S/C24H32N2O3S/c1-4-20(23(27)25-21-18(2)17-30-22(21)24(28)29-3)26(14-10-5-6-11-15-26)16-19-12-8-7-9-13-19/h7-9,12-13,17,20H,4-6,10-11,14-16H2,1-3H3/p+1. The fourth-order valence-corrected chi connectivity index (χ4v) is 5.64. The van der Waals surface area contributed by atoms with Gasteiger partial charge in [-0.15, -0.1) is 11.3 Å². The first-order valence-corrected chi connectivity index (χ1v) is 11.8. The molecule has 2 heterocycles. The first-order valence-electron chi connectivity index (χ1n) is 10.9. The normalized spacial score (nSPS) is 17.0. The van der Waals surface area contributed by atoms with Crippen LogP contribution in [0.15, 0.2) is 35.7 Å². The first-order chi connectivity index (χ1) is 14.5. The Hall–Kier alpha value is -2.18. The van der Waals surface area contributed by atoms with Crippen molar-refractivity contribution in [2.75, 3.05) is 25.5 Å². The Balaban J connectivity index is 1.91. The average molecular weight is 430 g/mol. The largest absolute Gasteiger partial charge is 0.465 e. The van der Waals surface area contributed by atoms with Crippen LogP contribution in [0.1, 0.15) is 59.8 Å². The van der Waals surface area contributed by atoms with Crippen molar-refractivity contribution in [3.8, 4) is 0 Å². The lowest BCUT2D eigenvalue weighted by Crippen LogP contribution is -2.59. The highest BCUT2D eigenvalue weighted by Gasteiger charge is 2.41. The summed E-state index contributed by atoms with van der Waals surface area (Å²) < 4.78 is 5.69. The summed E-state index contributed by atoms with van der Waals surface area (Å²) in [6, 6.07) is 10.3. The van der Waals surface area contributed by atoms with Crippen LogP contribution in [0.3, 0.4) is 0 Å². The molecule has 1 aliphatic heterocycles. The zero-order valence-corrected chi connectivity index (χ0v) is 19.1. The van der Waals surface area contributed by atoms with Gasteiger partial charge in [0, 0.05) is 12.0 Å². The highest BCUT2D eigenvalue weighted by molar-refractivity contribution is 7.12. The molecule has 1 amide bonds. The molecule has 30 heavy (non-hydrogen) atoms. The van der Waals surface area contributed by atoms with Gasteiger partial charge in [0.15, 0.2) is 6.04 Å². The lowest BCUT2D eigenvalue weighted by molar-refractivity contribution is -0.954. The van der Waals surface area contributed by atoms with Crippen LogP contribution in [-0.4, -0.2) is 42.6 Å². The second kappa shape index (κ2) is 10.2. The molecular formula is C24H33N2O3S+. The van der Waals surface area contributed by atoms with Gasteiger partial charge in [0.25, 0.3) is 5.91 Å². The molecule has 0 radical (unpaired) electrons. The van der Waals surface area contributed by atoms with E-state index in [1.54, 1.807) is 0 Å². The number of hydrogen-bond donors (Lipinski definition) is 1. The first kappa shape index (κ1) is 22.5. The third kappa shape index (κ3) is 4.93. The number of carbonyl (C=O) groups excluding carboxylic acids is 2. The number of methoxy groups -OCH3 is 1. The molecule has 162 valence electrons. The van der Waals surface area contributed by atoms with Gasteiger partial charge in [0.2, 0.25) is 0 Å². The fraction of sp³-hybridized carbons (Fsp3) is 0.500. The van der Waals surface area contributed by atoms with Gasteiger partial charge in [0.05, 0.1) is 25.9 Å². The number of quaternary nitrogens is 1. The quantitative estimate of drug-likeness (QED) is 0.489. The maximum absolute atomic E-state index is 13.6. The Bertz CT molecular complexity index is 855. The molecule has 0 bridgehead atoms. The second-order valence-corrected chi connectivity index (χ2v) is 9.13. The van der Waals surface area contributed by atoms with Crippen molar-refractivity contribution >= 4 is 28.9 Å². The van der Waals surface area contributed by atoms with E-state index in [9.17, 15) is 9.59 Å². The zero-order valence-electron chi connectivity index (χ0n) is 18.3. The van der Waals surface area contributed by atoms with Gasteiger partial charge in [-0.05, 0) is 43.6 Å². The van der Waals surface area contributed by atoms with Crippen molar-refractivity contribution in [3.63, 3.8) is 0 Å². The predicted molar refractivity (Wildman–Crippen MR) is 122 cm³/mol. The molecule has 1 atom stereocenters. The molecule has 6 heteroatoms. The van der Waals surface area contributed by atoms with Crippen molar-refractivity contribution in [2.24, 2.45) is 0 Å². The van der Waals surface area contributed by atoms with Crippen LogP contribution in [0.4, 0.5) is 5.69 Å². The summed E-state index contributed by atoms with van der Waals surface area (Å²) in [6.07, 6.45) is 5.49. The van der Waals surface area contributed by atoms with Crippen molar-refractivity contribution < 1.29 is 18.8 Å². The van der Waals surface area contributed by atoms with Gasteiger partial charge >= 0.3 is 5.97 Å². The van der Waals surface area contributed by atoms with E-state index in [2.05, 4.69) is 36.5 Å². The SMILES string of the molecule is CCC(C(=O)Nc1c(C)csc1C(=O)OC)[N+]1(Cc2ccccc2)CCCCCC1. The number of nitrogens with one attached hydrogen (secondary N) is 1. The number of thiophene rings is 1. The average Bonchev–Trinajstić information content (AvgIpc) is 2.95. The van der Waals surface area contributed by atoms with Gasteiger partial charge in [-0.25, -0.2) is 4.79 Å². The van der Waals surface area contributed by atoms with Crippen molar-refractivity contribution in [3.05, 3.63) is 51.7 Å². The maximum Gasteiger partial charge on any atom is 0.350 e. The number of benzene rings is 1. The van der Waals surface area contributed by atoms with E-state index in [1.807, 2.05) is 18.4 Å². The number of carbonyl (C=O) groups is 2. The molecule has 5 nitrogen and oxygen atoms in total. The monoisotopic (exact) mass is 429 g/mol. The summed E-state index contributed by atoms with van der Waals surface area (Å²) in [5, 5.41) is 5.00. The Kier molecular flexibility index (Phi) is 7.67. The number of ether oxygens (including phenoxy) is 1. The van der Waals surface area contributed by atoms with Gasteiger partial charge in [-0.1, -0.05) is 37.3 Å². The number of amides is 1. The summed E-state index contributed by atoms with van der Waals surface area (Å²) in [7, 11) is 1.37. The van der Waals surface area contributed by atoms with Crippen molar-refractivity contribution in [1.82, 2.24) is 0 Å². The second-order valence-electron chi connectivity index (χ2n) is 8.25. The lowest BCUT2D eigenvalue weighted by atomic mass is 10.0. The predicted octanol–water partition coefficient (Wildman–Crippen LogP) is 5.15. The van der Waals surface area contributed by atoms with Crippen LogP contribution in [0.2, 0.25) is 0 Å². The highest BCUT2D eigenvalue weighted by Crippen LogP contribution is 2.32. The van der Waals surface area contributed by atoms with Gasteiger partial charge in [-0.3, -0.25) is 4.79 Å². The van der Waals surface area contributed by atoms with Crippen molar-refractivity contribution in [2.45, 2.75) is 58.5 Å². The van der Waals surface area contributed by atoms with Gasteiger partial charge in [0.1, 0.15) is 11.4 Å². The van der Waals surface area contributed by atoms with Crippen LogP contribution < -0.4 is 5.32 Å². The molecule has 0 aliphatic carbocycles. The smallest absolute Gasteiger partial charge is 0.350 e. The van der Waals surface area contributed by atoms with Gasteiger partial charge in [-0.2, -0.15) is 0 Å². The number of anilines is 1. The van der Waals surface area contributed by atoms with E-state index in [-0.39, 0.29) is 11.9 Å². The molecule has 1 saturated heterocycles. The van der Waals surface area contributed by atoms with E-state index in [0.717, 1.165) is 48.9 Å². The summed E-state index contributed by atoms with van der Waals surface area (Å²) in [4.78, 5) is 26.2. The molecule has 1 aliphatic rings. The van der Waals surface area contributed by atoms with Crippen LogP contribution in [0, 0.1) is 6.92 Å². The highest BCUT2D eigenvalue weighted by atomic mass is 32.1. The molecule has 0 saturated carbocycles. The molecule has 1 aromatic heterocycles. The molecule has 1 unspecified atom stereocenters. The minimum absolute atomic E-state index is 0.00184. The number of nitrogens with zero attached hydrogens (tertiary/aromatic N) is 1. The molecule has 3 rings (SSSR count). The third-order valence-electron chi connectivity index (χ3n) is 6.24. The number of likely N-dealkylation sites (tertiary alicyclic amines) is 1. The van der Waals surface area contributed by atoms with Gasteiger partial charge < -0.3 is 14.5 Å². The van der Waals surface area contributed by atoms with E-state index in [4.69, 9.17) is 4.74 Å². The Labute approximate surface area is 183 Å². The summed E-state index contributed by atoms with van der Waals surface area (Å²) in [5.41, 5.74) is 2.77. The zero-order chi connectivity index (χ0) is 21.6. The van der Waals surface area contributed by atoms with E-state index in [1.165, 1.54) is 36.9 Å². The fourth-order valence-electron chi connectivity index (χ4n) is 4.72. The van der Waals surface area contributed by atoms with E-state index in [0.29, 0.717) is 10.6 Å². The molecular weight excluding hydrogens is 396 g/mol. The van der Waals surface area contributed by atoms with E-state index >= 15 is 0 Å². The van der Waals surface area contributed by atoms with E-state index < -0.39 is 5.97 Å². The topological polar surface area (TPSA) is 55.4 Å². The molecule has 2 aromatic rings. The number of aryl methyl sites for hydroxylation is 1. The molecule has 0 spiro atoms. The summed E-state index contributed by atoms with van der Waals surface area (Å²) >= 11 is 1.32. The maximum atomic E-state index is 13.6. The minimum atomic E-state index is -0.403. The molecule has 1 fully saturated rings.